The van der Waals surface area contributed by atoms with Crippen molar-refractivity contribution in [2.24, 2.45) is 0 Å². The van der Waals surface area contributed by atoms with E-state index in [4.69, 9.17) is 9.05 Å². The molecule has 15 nitrogen and oxygen atoms in total. The van der Waals surface area contributed by atoms with Gasteiger partial charge in [-0.05, 0) is 12.8 Å². The Bertz CT molecular complexity index is 1210. The van der Waals surface area contributed by atoms with Gasteiger partial charge in [-0.1, -0.05) is 239 Å². The fraction of sp³-hybridized carbons (Fsp3) is 0.981. The molecule has 0 aromatic carbocycles. The Hall–Kier alpha value is -0.780. The van der Waals surface area contributed by atoms with Crippen molar-refractivity contribution in [1.29, 1.82) is 0 Å². The highest BCUT2D eigenvalue weighted by Crippen LogP contribution is 2.47. The summed E-state index contributed by atoms with van der Waals surface area (Å²) in [6, 6.07) is -1.60. The van der Waals surface area contributed by atoms with Crippen LogP contribution in [0.3, 0.4) is 0 Å². The Morgan fingerprint density at radius 3 is 1.06 bits per heavy atom. The van der Waals surface area contributed by atoms with Crippen molar-refractivity contribution in [3.8, 4) is 0 Å². The zero-order chi connectivity index (χ0) is 50.4. The Labute approximate surface area is 412 Å². The summed E-state index contributed by atoms with van der Waals surface area (Å²) in [5, 5.41) is 96.3. The first-order chi connectivity index (χ1) is 32.7. The van der Waals surface area contributed by atoms with Crippen molar-refractivity contribution in [3.63, 3.8) is 0 Å². The van der Waals surface area contributed by atoms with Gasteiger partial charge in [0.2, 0.25) is 0 Å². The van der Waals surface area contributed by atoms with E-state index in [0.29, 0.717) is 12.8 Å². The van der Waals surface area contributed by atoms with Gasteiger partial charge in [0.1, 0.15) is 42.7 Å². The van der Waals surface area contributed by atoms with E-state index in [0.717, 1.165) is 51.4 Å². The van der Waals surface area contributed by atoms with Gasteiger partial charge in [-0.3, -0.25) is 13.8 Å². The molecule has 0 saturated heterocycles. The van der Waals surface area contributed by atoms with Gasteiger partial charge in [0.15, 0.2) is 6.10 Å². The Balaban J connectivity index is 2.50. The number of aliphatic hydroxyl groups excluding tert-OH is 9. The number of unbranched alkanes of at least 4 members (excludes halogenated alkanes) is 33. The number of carbonyl (C=O) groups is 1. The van der Waals surface area contributed by atoms with E-state index in [9.17, 15) is 60.2 Å². The zero-order valence-corrected chi connectivity index (χ0v) is 43.7. The van der Waals surface area contributed by atoms with E-state index in [1.165, 1.54) is 161 Å². The van der Waals surface area contributed by atoms with Gasteiger partial charge in [-0.15, -0.1) is 0 Å². The third-order valence-electron chi connectivity index (χ3n) is 14.0. The topological polar surface area (TPSA) is 267 Å². The highest BCUT2D eigenvalue weighted by Gasteiger charge is 2.51. The van der Waals surface area contributed by atoms with Crippen molar-refractivity contribution in [1.82, 2.24) is 5.32 Å². The van der Waals surface area contributed by atoms with Crippen LogP contribution >= 0.6 is 7.82 Å². The lowest BCUT2D eigenvalue weighted by molar-refractivity contribution is -0.220. The molecule has 1 aliphatic carbocycles. The summed E-state index contributed by atoms with van der Waals surface area (Å²) in [6.07, 6.45) is 23.2. The van der Waals surface area contributed by atoms with Crippen LogP contribution in [0.25, 0.3) is 0 Å². The predicted molar refractivity (Wildman–Crippen MR) is 269 cm³/mol. The lowest BCUT2D eigenvalue weighted by Gasteiger charge is -2.41. The molecular weight excluding hydrogens is 894 g/mol. The van der Waals surface area contributed by atoms with Gasteiger partial charge >= 0.3 is 7.82 Å². The third kappa shape index (κ3) is 31.0. The fourth-order valence-electron chi connectivity index (χ4n) is 9.28. The number of aliphatic hydroxyl groups is 9. The monoisotopic (exact) mass is 998 g/mol. The van der Waals surface area contributed by atoms with E-state index >= 15 is 0 Å². The summed E-state index contributed by atoms with van der Waals surface area (Å²) in [6.45, 7) is 3.52. The number of amides is 1. The van der Waals surface area contributed by atoms with Crippen molar-refractivity contribution in [2.45, 2.75) is 318 Å². The first kappa shape index (κ1) is 65.2. The van der Waals surface area contributed by atoms with Crippen molar-refractivity contribution in [2.75, 3.05) is 6.61 Å². The van der Waals surface area contributed by atoms with Crippen molar-refractivity contribution in [3.05, 3.63) is 0 Å². The lowest BCUT2D eigenvalue weighted by atomic mass is 9.85. The smallest absolute Gasteiger partial charge is 0.390 e. The van der Waals surface area contributed by atoms with Gasteiger partial charge < -0.3 is 56.2 Å². The lowest BCUT2D eigenvalue weighted by Crippen LogP contribution is -2.64. The van der Waals surface area contributed by atoms with Gasteiger partial charge in [-0.25, -0.2) is 4.57 Å². The maximum atomic E-state index is 13.2. The van der Waals surface area contributed by atoms with E-state index in [-0.39, 0.29) is 12.8 Å². The summed E-state index contributed by atoms with van der Waals surface area (Å²) >= 11 is 0. The number of carbonyl (C=O) groups excluding carboxylic acids is 1. The molecule has 1 fully saturated rings. The summed E-state index contributed by atoms with van der Waals surface area (Å²) in [4.78, 5) is 23.7. The van der Waals surface area contributed by atoms with Crippen molar-refractivity contribution >= 4 is 13.7 Å². The standard InChI is InChI=1S/C52H104NO14P/c1-3-5-7-9-11-13-15-17-19-20-21-22-23-24-25-27-29-31-33-35-37-39-43(55)45(57)52(63)53-41(40-66-68(64,65)67-51-49(61)47(59)46(58)48(60)50(51)62)44(56)42(54)38-36-34-32-30-28-26-18-16-14-12-10-8-6-4-2/h41-51,54-62H,3-40H2,1-2H3,(H,53,63)(H,64,65)/t41-,42?,43?,44-,45?,46?,47-,48+,49+,50+,51?/m0/s1. The molecule has 0 radical (unpaired) electrons. The first-order valence-electron chi connectivity index (χ1n) is 27.8. The van der Waals surface area contributed by atoms with E-state index in [2.05, 4.69) is 19.2 Å². The average Bonchev–Trinajstić information content (AvgIpc) is 3.32. The molecule has 0 heterocycles. The number of nitrogens with one attached hydrogen (secondary N) is 1. The van der Waals surface area contributed by atoms with Gasteiger partial charge in [-0.2, -0.15) is 0 Å². The van der Waals surface area contributed by atoms with Crippen LogP contribution in [0.4, 0.5) is 0 Å². The van der Waals surface area contributed by atoms with Crippen molar-refractivity contribution < 1.29 is 69.3 Å². The van der Waals surface area contributed by atoms with Gasteiger partial charge in [0.05, 0.1) is 24.9 Å². The van der Waals surface area contributed by atoms with Crippen LogP contribution in [-0.4, -0.2) is 130 Å². The van der Waals surface area contributed by atoms with Crippen LogP contribution in [0, 0.1) is 0 Å². The Morgan fingerprint density at radius 2 is 0.735 bits per heavy atom. The molecule has 0 aliphatic heterocycles. The van der Waals surface area contributed by atoms with Crippen LogP contribution in [0.2, 0.25) is 0 Å². The van der Waals surface area contributed by atoms with E-state index in [1.54, 1.807) is 0 Å². The number of phosphoric ester groups is 1. The Morgan fingerprint density at radius 1 is 0.456 bits per heavy atom. The maximum Gasteiger partial charge on any atom is 0.472 e. The SMILES string of the molecule is CCCCCCCCCCCCCCCCCCCCCCCC(O)C(O)C(=O)N[C@@H](COP(=O)(O)OC1[C@H](O)[C@H](O)C(O)[C@H](O)[C@H]1O)[C@H](O)C(O)CCCCCCCCCCCCCCCC. The predicted octanol–water partition coefficient (Wildman–Crippen LogP) is 8.71. The minimum atomic E-state index is -5.30. The second-order valence-electron chi connectivity index (χ2n) is 20.2. The third-order valence-corrected chi connectivity index (χ3v) is 15.0. The molecule has 1 rings (SSSR count). The van der Waals surface area contributed by atoms with Crippen LogP contribution in [-0.2, 0) is 18.4 Å². The molecule has 0 aromatic heterocycles. The number of rotatable bonds is 47. The molecule has 406 valence electrons. The molecule has 0 bridgehead atoms. The minimum absolute atomic E-state index is 0.127. The second-order valence-corrected chi connectivity index (χ2v) is 21.6. The number of hydrogen-bond donors (Lipinski definition) is 11. The normalized spacial score (nSPS) is 22.9. The maximum absolute atomic E-state index is 13.2. The first-order valence-corrected chi connectivity index (χ1v) is 29.3. The quantitative estimate of drug-likeness (QED) is 0.0201. The molecule has 0 aromatic rings. The molecule has 11 N–H and O–H groups in total. The highest BCUT2D eigenvalue weighted by molar-refractivity contribution is 7.47. The number of phosphoric acid groups is 1. The van der Waals surface area contributed by atoms with Crippen LogP contribution in [0.5, 0.6) is 0 Å². The fourth-order valence-corrected chi connectivity index (χ4v) is 10.2. The molecule has 0 spiro atoms. The minimum Gasteiger partial charge on any atom is -0.390 e. The zero-order valence-electron chi connectivity index (χ0n) is 42.8. The molecule has 6 unspecified atom stereocenters. The molecule has 1 amide bonds. The van der Waals surface area contributed by atoms with Crippen LogP contribution < -0.4 is 5.32 Å². The van der Waals surface area contributed by atoms with Crippen LogP contribution in [0.1, 0.15) is 251 Å². The molecule has 16 heteroatoms. The summed E-state index contributed by atoms with van der Waals surface area (Å²) < 4.78 is 22.9. The largest absolute Gasteiger partial charge is 0.472 e. The molecular formula is C52H104NO14P. The molecule has 12 atom stereocenters. The van der Waals surface area contributed by atoms with Crippen LogP contribution in [0.15, 0.2) is 0 Å². The van der Waals surface area contributed by atoms with E-state index < -0.39 is 87.4 Å². The second kappa shape index (κ2) is 41.7. The summed E-state index contributed by atoms with van der Waals surface area (Å²) in [5.74, 6) is -1.11. The molecule has 1 aliphatic rings. The average molecular weight is 998 g/mol. The van der Waals surface area contributed by atoms with Gasteiger partial charge in [0.25, 0.3) is 5.91 Å². The molecule has 1 saturated carbocycles. The number of hydrogen-bond acceptors (Lipinski definition) is 13. The summed E-state index contributed by atoms with van der Waals surface area (Å²) in [5.41, 5.74) is 0. The molecule has 68 heavy (non-hydrogen) atoms. The van der Waals surface area contributed by atoms with Gasteiger partial charge in [0, 0.05) is 0 Å². The van der Waals surface area contributed by atoms with E-state index in [1.807, 2.05) is 0 Å². The highest BCUT2D eigenvalue weighted by atomic mass is 31.2. The summed E-state index contributed by atoms with van der Waals surface area (Å²) in [7, 11) is -5.30. The Kier molecular flexibility index (Phi) is 40.0.